The van der Waals surface area contributed by atoms with Crippen LogP contribution in [0.3, 0.4) is 0 Å². The van der Waals surface area contributed by atoms with Crippen LogP contribution in [0.4, 0.5) is 0 Å². The highest BCUT2D eigenvalue weighted by Gasteiger charge is 2.05. The molecule has 0 atom stereocenters. The molecule has 0 fully saturated rings. The largest absolute Gasteiger partial charge is 0.361 e. The predicted octanol–water partition coefficient (Wildman–Crippen LogP) is 3.65. The summed E-state index contributed by atoms with van der Waals surface area (Å²) in [5.74, 6) is 0. The first kappa shape index (κ1) is 9.85. The zero-order valence-electron chi connectivity index (χ0n) is 9.18. The topological polar surface area (TPSA) is 32.9 Å². The molecule has 3 aromatic rings. The van der Waals surface area contributed by atoms with Crippen LogP contribution in [0.15, 0.2) is 54.7 Å². The highest BCUT2D eigenvalue weighted by molar-refractivity contribution is 5.99. The summed E-state index contributed by atoms with van der Waals surface area (Å²) < 4.78 is 0. The van der Waals surface area contributed by atoms with Crippen molar-refractivity contribution in [2.24, 2.45) is 0 Å². The molecule has 0 bridgehead atoms. The van der Waals surface area contributed by atoms with Crippen LogP contribution in [0.25, 0.3) is 22.0 Å². The molecule has 0 amide bonds. The summed E-state index contributed by atoms with van der Waals surface area (Å²) in [7, 11) is 0. The van der Waals surface area contributed by atoms with Gasteiger partial charge < -0.3 is 4.98 Å². The van der Waals surface area contributed by atoms with Crippen molar-refractivity contribution in [2.45, 2.75) is 0 Å². The number of fused-ring (bicyclic) bond motifs is 1. The second-order valence-electron chi connectivity index (χ2n) is 3.99. The average molecular weight is 221 g/mol. The number of H-pyrrole nitrogens is 1. The summed E-state index contributed by atoms with van der Waals surface area (Å²) in [5.41, 5.74) is 3.80. The van der Waals surface area contributed by atoms with Crippen LogP contribution in [0.5, 0.6) is 0 Å². The van der Waals surface area contributed by atoms with E-state index in [0.717, 1.165) is 28.3 Å². The Morgan fingerprint density at radius 3 is 2.53 bits per heavy atom. The average Bonchev–Trinajstić information content (AvgIpc) is 2.86. The van der Waals surface area contributed by atoms with Gasteiger partial charge in [-0.05, 0) is 29.3 Å². The lowest BCUT2D eigenvalue weighted by atomic mass is 10.0. The molecule has 2 heteroatoms. The molecule has 0 aliphatic heterocycles. The second-order valence-corrected chi connectivity index (χ2v) is 3.99. The van der Waals surface area contributed by atoms with Crippen LogP contribution in [-0.4, -0.2) is 11.3 Å². The van der Waals surface area contributed by atoms with Gasteiger partial charge in [-0.3, -0.25) is 4.79 Å². The molecule has 1 N–H and O–H groups in total. The van der Waals surface area contributed by atoms with Crippen LogP contribution in [-0.2, 0) is 0 Å². The van der Waals surface area contributed by atoms with Gasteiger partial charge >= 0.3 is 0 Å². The molecule has 0 aliphatic rings. The fraction of sp³-hybridized carbons (Fsp3) is 0. The second kappa shape index (κ2) is 3.91. The maximum atomic E-state index is 11.1. The van der Waals surface area contributed by atoms with Gasteiger partial charge in [-0.2, -0.15) is 0 Å². The summed E-state index contributed by atoms with van der Waals surface area (Å²) in [6.45, 7) is 0. The third kappa shape index (κ3) is 1.64. The Labute approximate surface area is 98.9 Å². The van der Waals surface area contributed by atoms with Crippen LogP contribution < -0.4 is 0 Å². The highest BCUT2D eigenvalue weighted by atomic mass is 16.1. The molecule has 0 spiro atoms. The van der Waals surface area contributed by atoms with Crippen molar-refractivity contribution in [1.29, 1.82) is 0 Å². The Balaban J connectivity index is 2.28. The van der Waals surface area contributed by atoms with Crippen molar-refractivity contribution in [1.82, 2.24) is 4.98 Å². The number of rotatable bonds is 2. The number of hydrogen-bond donors (Lipinski definition) is 1. The fourth-order valence-electron chi connectivity index (χ4n) is 2.09. The van der Waals surface area contributed by atoms with Gasteiger partial charge in [0.25, 0.3) is 0 Å². The SMILES string of the molecule is O=Cc1cc(-c2ccccc2)cc2cc[nH]c12. The van der Waals surface area contributed by atoms with E-state index >= 15 is 0 Å². The van der Waals surface area contributed by atoms with Gasteiger partial charge in [-0.15, -0.1) is 0 Å². The minimum Gasteiger partial charge on any atom is -0.361 e. The Hall–Kier alpha value is -2.35. The fourth-order valence-corrected chi connectivity index (χ4v) is 2.09. The number of carbonyl (C=O) groups excluding carboxylic acids is 1. The standard InChI is InChI=1S/C15H11NO/c17-10-14-9-13(11-4-2-1-3-5-11)8-12-6-7-16-15(12)14/h1-10,16H. The third-order valence-corrected chi connectivity index (χ3v) is 2.92. The molecule has 1 aromatic heterocycles. The van der Waals surface area contributed by atoms with E-state index in [1.54, 1.807) is 0 Å². The van der Waals surface area contributed by atoms with E-state index in [0.29, 0.717) is 5.56 Å². The van der Waals surface area contributed by atoms with Gasteiger partial charge in [-0.1, -0.05) is 30.3 Å². The normalized spacial score (nSPS) is 10.6. The number of hydrogen-bond acceptors (Lipinski definition) is 1. The molecule has 82 valence electrons. The maximum absolute atomic E-state index is 11.1. The lowest BCUT2D eigenvalue weighted by Gasteiger charge is -2.03. The highest BCUT2D eigenvalue weighted by Crippen LogP contribution is 2.26. The quantitative estimate of drug-likeness (QED) is 0.658. The summed E-state index contributed by atoms with van der Waals surface area (Å²) in [4.78, 5) is 14.2. The molecular weight excluding hydrogens is 210 g/mol. The molecule has 0 aliphatic carbocycles. The van der Waals surface area contributed by atoms with Gasteiger partial charge in [0, 0.05) is 17.1 Å². The molecular formula is C15H11NO. The number of aldehydes is 1. The van der Waals surface area contributed by atoms with Crippen LogP contribution in [0, 0.1) is 0 Å². The molecule has 0 saturated carbocycles. The number of benzene rings is 2. The Morgan fingerprint density at radius 2 is 1.76 bits per heavy atom. The number of aromatic amines is 1. The van der Waals surface area contributed by atoms with E-state index in [4.69, 9.17) is 0 Å². The van der Waals surface area contributed by atoms with E-state index in [-0.39, 0.29) is 0 Å². The first-order valence-corrected chi connectivity index (χ1v) is 5.50. The minimum atomic E-state index is 0.700. The monoisotopic (exact) mass is 221 g/mol. The van der Waals surface area contributed by atoms with Crippen molar-refractivity contribution in [3.63, 3.8) is 0 Å². The van der Waals surface area contributed by atoms with Gasteiger partial charge in [0.05, 0.1) is 5.52 Å². The Kier molecular flexibility index (Phi) is 2.26. The van der Waals surface area contributed by atoms with Crippen molar-refractivity contribution in [3.05, 3.63) is 60.3 Å². The van der Waals surface area contributed by atoms with E-state index < -0.39 is 0 Å². The number of carbonyl (C=O) groups is 1. The zero-order valence-corrected chi connectivity index (χ0v) is 9.18. The summed E-state index contributed by atoms with van der Waals surface area (Å²) in [5, 5.41) is 1.06. The summed E-state index contributed by atoms with van der Waals surface area (Å²) >= 11 is 0. The molecule has 0 unspecified atom stereocenters. The molecule has 0 saturated heterocycles. The van der Waals surface area contributed by atoms with Crippen molar-refractivity contribution in [3.8, 4) is 11.1 Å². The summed E-state index contributed by atoms with van der Waals surface area (Å²) in [6, 6.07) is 16.1. The van der Waals surface area contributed by atoms with Crippen LogP contribution in [0.2, 0.25) is 0 Å². The number of aromatic nitrogens is 1. The van der Waals surface area contributed by atoms with Crippen molar-refractivity contribution in [2.75, 3.05) is 0 Å². The first-order chi connectivity index (χ1) is 8.38. The lowest BCUT2D eigenvalue weighted by Crippen LogP contribution is -1.85. The molecule has 1 heterocycles. The van der Waals surface area contributed by atoms with Gasteiger partial charge in [0.2, 0.25) is 0 Å². The van der Waals surface area contributed by atoms with Crippen LogP contribution in [0.1, 0.15) is 10.4 Å². The summed E-state index contributed by atoms with van der Waals surface area (Å²) in [6.07, 6.45) is 2.75. The van der Waals surface area contributed by atoms with Gasteiger partial charge in [-0.25, -0.2) is 0 Å². The van der Waals surface area contributed by atoms with E-state index in [9.17, 15) is 4.79 Å². The minimum absolute atomic E-state index is 0.700. The van der Waals surface area contributed by atoms with Gasteiger partial charge in [0.15, 0.2) is 6.29 Å². The van der Waals surface area contributed by atoms with E-state index in [1.165, 1.54) is 0 Å². The van der Waals surface area contributed by atoms with Crippen molar-refractivity contribution >= 4 is 17.2 Å². The van der Waals surface area contributed by atoms with Gasteiger partial charge in [0.1, 0.15) is 0 Å². The molecule has 2 nitrogen and oxygen atoms in total. The van der Waals surface area contributed by atoms with Crippen molar-refractivity contribution < 1.29 is 4.79 Å². The van der Waals surface area contributed by atoms with Crippen LogP contribution >= 0.6 is 0 Å². The molecule has 2 aromatic carbocycles. The zero-order chi connectivity index (χ0) is 11.7. The maximum Gasteiger partial charge on any atom is 0.152 e. The molecule has 0 radical (unpaired) electrons. The molecule has 3 rings (SSSR count). The Bertz CT molecular complexity index is 668. The first-order valence-electron chi connectivity index (χ1n) is 5.50. The van der Waals surface area contributed by atoms with E-state index in [1.807, 2.05) is 48.7 Å². The lowest BCUT2D eigenvalue weighted by molar-refractivity contribution is 0.112. The van der Waals surface area contributed by atoms with E-state index in [2.05, 4.69) is 11.1 Å². The predicted molar refractivity (Wildman–Crippen MR) is 69.1 cm³/mol. The Morgan fingerprint density at radius 1 is 0.941 bits per heavy atom. The smallest absolute Gasteiger partial charge is 0.152 e. The third-order valence-electron chi connectivity index (χ3n) is 2.92. The molecule has 17 heavy (non-hydrogen) atoms. The number of nitrogens with one attached hydrogen (secondary N) is 1.